The van der Waals surface area contributed by atoms with Crippen LogP contribution in [0.1, 0.15) is 0 Å². The van der Waals surface area contributed by atoms with E-state index < -0.39 is 0 Å². The highest BCUT2D eigenvalue weighted by Crippen LogP contribution is 1.95. The molecule has 0 radical (unpaired) electrons. The fourth-order valence-electron chi connectivity index (χ4n) is 0.744. The van der Waals surface area contributed by atoms with Gasteiger partial charge in [0.25, 0.3) is 0 Å². The predicted molar refractivity (Wildman–Crippen MR) is 34.1 cm³/mol. The topological polar surface area (TPSA) is 78.5 Å². The van der Waals surface area contributed by atoms with Crippen molar-refractivity contribution in [1.29, 1.82) is 0 Å². The van der Waals surface area contributed by atoms with Gasteiger partial charge in [0.15, 0.2) is 11.8 Å². The Morgan fingerprint density at radius 3 is 3.00 bits per heavy atom. The van der Waals surface area contributed by atoms with Crippen LogP contribution in [0.2, 0.25) is 0 Å². The van der Waals surface area contributed by atoms with E-state index in [1.54, 1.807) is 0 Å². The largest absolute Gasteiger partial charge is 0.690 e. The molecule has 0 atom stereocenters. The number of nitrogens with zero attached hydrogens (tertiary/aromatic N) is 5. The molecule has 0 aliphatic rings. The number of aromatic nitrogens is 5. The smallest absolute Gasteiger partial charge is 0.376 e. The molecule has 0 aromatic carbocycles. The summed E-state index contributed by atoms with van der Waals surface area (Å²) in [5.41, 5.74) is 0.625. The van der Waals surface area contributed by atoms with E-state index in [0.29, 0.717) is 10.4 Å². The molecule has 6 nitrogen and oxygen atoms in total. The summed E-state index contributed by atoms with van der Waals surface area (Å²) in [5, 5.41) is 14.2. The van der Waals surface area contributed by atoms with E-state index in [1.807, 2.05) is 0 Å². The van der Waals surface area contributed by atoms with Gasteiger partial charge in [0, 0.05) is 0 Å². The van der Waals surface area contributed by atoms with Crippen molar-refractivity contribution in [1.82, 2.24) is 20.1 Å². The molecule has 2 rings (SSSR count). The zero-order valence-electron chi connectivity index (χ0n) is 5.38. The lowest BCUT2D eigenvalue weighted by Gasteiger charge is -1.96. The van der Waals surface area contributed by atoms with Gasteiger partial charge in [-0.05, 0) is 4.98 Å². The maximum atomic E-state index is 10.9. The van der Waals surface area contributed by atoms with Crippen LogP contribution < -0.4 is 4.85 Å². The van der Waals surface area contributed by atoms with Crippen molar-refractivity contribution in [3.8, 4) is 0 Å². The predicted octanol–water partition coefficient (Wildman–Crippen LogP) is -0.947. The molecule has 0 bridgehead atoms. The van der Waals surface area contributed by atoms with Crippen LogP contribution in [0.15, 0.2) is 18.9 Å². The van der Waals surface area contributed by atoms with Crippen LogP contribution in [0, 0.1) is 5.21 Å². The number of fused-ring (bicyclic) bond motifs is 1. The average Bonchev–Trinajstić information content (AvgIpc) is 2.06. The molecule has 0 aliphatic heterocycles. The SMILES string of the molecule is [O-][n+]1ncnc2cncnc21. The monoisotopic (exact) mass is 149 g/mol. The summed E-state index contributed by atoms with van der Waals surface area (Å²) in [4.78, 5) is 11.6. The van der Waals surface area contributed by atoms with E-state index >= 15 is 0 Å². The Kier molecular flexibility index (Phi) is 1.12. The third-order valence-electron chi connectivity index (χ3n) is 1.21. The fourth-order valence-corrected chi connectivity index (χ4v) is 0.744. The maximum absolute atomic E-state index is 10.9. The van der Waals surface area contributed by atoms with Crippen LogP contribution in [-0.4, -0.2) is 20.1 Å². The van der Waals surface area contributed by atoms with Crippen molar-refractivity contribution in [3.63, 3.8) is 0 Å². The number of hydrogen-bond acceptors (Lipinski definition) is 5. The zero-order chi connectivity index (χ0) is 7.68. The van der Waals surface area contributed by atoms with Crippen molar-refractivity contribution < 1.29 is 4.85 Å². The summed E-state index contributed by atoms with van der Waals surface area (Å²) in [7, 11) is 0. The summed E-state index contributed by atoms with van der Waals surface area (Å²) in [6.45, 7) is 0. The molecule has 0 aliphatic carbocycles. The highest BCUT2D eigenvalue weighted by Gasteiger charge is 2.04. The molecule has 2 aromatic rings. The standard InChI is InChI=1S/C5H3N5O/c11-10-5-4(7-3-9-10)1-6-2-8-5/h1-3H. The van der Waals surface area contributed by atoms with Crippen molar-refractivity contribution in [3.05, 3.63) is 24.1 Å². The summed E-state index contributed by atoms with van der Waals surface area (Å²) >= 11 is 0. The summed E-state index contributed by atoms with van der Waals surface area (Å²) in [6, 6.07) is 0. The summed E-state index contributed by atoms with van der Waals surface area (Å²) in [6.07, 6.45) is 3.90. The Labute approximate surface area is 61.1 Å². The van der Waals surface area contributed by atoms with Crippen LogP contribution in [-0.2, 0) is 0 Å². The fraction of sp³-hybridized carbons (Fsp3) is 0. The van der Waals surface area contributed by atoms with Crippen LogP contribution in [0.25, 0.3) is 11.2 Å². The van der Waals surface area contributed by atoms with Gasteiger partial charge in [-0.25, -0.2) is 9.97 Å². The number of rotatable bonds is 0. The second-order valence-electron chi connectivity index (χ2n) is 1.86. The zero-order valence-corrected chi connectivity index (χ0v) is 5.38. The lowest BCUT2D eigenvalue weighted by Crippen LogP contribution is -2.32. The van der Waals surface area contributed by atoms with Gasteiger partial charge in [-0.1, -0.05) is 5.10 Å². The molecule has 0 saturated carbocycles. The van der Waals surface area contributed by atoms with Gasteiger partial charge >= 0.3 is 5.65 Å². The van der Waals surface area contributed by atoms with Gasteiger partial charge in [-0.3, -0.25) is 0 Å². The number of hydrogen-bond donors (Lipinski definition) is 0. The Bertz CT molecular complexity index is 384. The molecule has 0 amide bonds. The molecule has 0 saturated heterocycles. The first-order valence-electron chi connectivity index (χ1n) is 2.88. The lowest BCUT2D eigenvalue weighted by molar-refractivity contribution is -0.645. The Hall–Kier alpha value is -1.85. The Balaban J connectivity index is 2.91. The van der Waals surface area contributed by atoms with Crippen molar-refractivity contribution in [2.75, 3.05) is 0 Å². The average molecular weight is 149 g/mol. The minimum Gasteiger partial charge on any atom is -0.690 e. The molecule has 2 aromatic heterocycles. The van der Waals surface area contributed by atoms with Crippen molar-refractivity contribution >= 4 is 11.2 Å². The van der Waals surface area contributed by atoms with E-state index in [-0.39, 0.29) is 5.65 Å². The van der Waals surface area contributed by atoms with Gasteiger partial charge in [0.1, 0.15) is 0 Å². The highest BCUT2D eigenvalue weighted by atomic mass is 16.5. The van der Waals surface area contributed by atoms with Crippen LogP contribution in [0.5, 0.6) is 0 Å². The first-order chi connectivity index (χ1) is 5.38. The minimum atomic E-state index is 0.183. The second-order valence-corrected chi connectivity index (χ2v) is 1.86. The van der Waals surface area contributed by atoms with Crippen molar-refractivity contribution in [2.45, 2.75) is 0 Å². The van der Waals surface area contributed by atoms with E-state index in [2.05, 4.69) is 20.1 Å². The molecule has 11 heavy (non-hydrogen) atoms. The molecule has 0 spiro atoms. The quantitative estimate of drug-likeness (QED) is 0.356. The van der Waals surface area contributed by atoms with E-state index in [9.17, 15) is 5.21 Å². The first-order valence-corrected chi connectivity index (χ1v) is 2.88. The molecule has 0 N–H and O–H groups in total. The third-order valence-corrected chi connectivity index (χ3v) is 1.21. The first kappa shape index (κ1) is 5.90. The van der Waals surface area contributed by atoms with E-state index in [1.165, 1.54) is 18.9 Å². The van der Waals surface area contributed by atoms with Gasteiger partial charge in [0.05, 0.1) is 6.20 Å². The molecule has 2 heterocycles. The van der Waals surface area contributed by atoms with Gasteiger partial charge in [-0.15, -0.1) is 4.85 Å². The molecule has 0 unspecified atom stereocenters. The highest BCUT2D eigenvalue weighted by molar-refractivity contribution is 5.63. The van der Waals surface area contributed by atoms with Crippen LogP contribution >= 0.6 is 0 Å². The van der Waals surface area contributed by atoms with Gasteiger partial charge in [0.2, 0.25) is 6.33 Å². The van der Waals surface area contributed by atoms with Crippen LogP contribution in [0.4, 0.5) is 0 Å². The molecular weight excluding hydrogens is 146 g/mol. The Morgan fingerprint density at radius 1 is 1.27 bits per heavy atom. The second kappa shape index (κ2) is 2.08. The van der Waals surface area contributed by atoms with E-state index in [0.717, 1.165) is 0 Å². The van der Waals surface area contributed by atoms with Crippen LogP contribution in [0.3, 0.4) is 0 Å². The molecule has 6 heteroatoms. The third kappa shape index (κ3) is 0.841. The minimum absolute atomic E-state index is 0.183. The normalized spacial score (nSPS) is 10.2. The van der Waals surface area contributed by atoms with Crippen molar-refractivity contribution in [2.24, 2.45) is 0 Å². The summed E-state index contributed by atoms with van der Waals surface area (Å²) in [5.74, 6) is 0. The van der Waals surface area contributed by atoms with Gasteiger partial charge < -0.3 is 5.21 Å². The molecule has 0 fully saturated rings. The lowest BCUT2D eigenvalue weighted by atomic mass is 10.5. The molecular formula is C5H3N5O. The Morgan fingerprint density at radius 2 is 2.18 bits per heavy atom. The summed E-state index contributed by atoms with van der Waals surface area (Å²) < 4.78 is 0. The van der Waals surface area contributed by atoms with E-state index in [4.69, 9.17) is 0 Å². The van der Waals surface area contributed by atoms with Gasteiger partial charge in [-0.2, -0.15) is 0 Å². The molecule has 54 valence electrons. The maximum Gasteiger partial charge on any atom is 0.376 e.